The molecular formula is C21H34F6O. The largest absolute Gasteiger partial charge is 0.559 e. The smallest absolute Gasteiger partial charge is 0.378 e. The highest BCUT2D eigenvalue weighted by atomic mass is 19.5. The maximum Gasteiger partial charge on any atom is 0.559 e. The summed E-state index contributed by atoms with van der Waals surface area (Å²) in [6.07, 6.45) is 2.99. The molecular weight excluding hydrogens is 382 g/mol. The Hall–Kier alpha value is -0.460. The van der Waals surface area contributed by atoms with Gasteiger partial charge in [0.2, 0.25) is 0 Å². The standard InChI is InChI=1S/C20H34F2O.CF4/c1-13-3-5-14(6-4-13)15-7-9-17(18(21)11-15)16-8-10-20(23-2)19(22)12-16;2-1(3,4)5/h13-20H,3-12H2,1-2H3;. The zero-order chi connectivity index (χ0) is 20.9. The monoisotopic (exact) mass is 416 g/mol. The SMILES string of the molecule is COC1CCC(C2CCC(C3CCC(C)CC3)CC2F)CC1F.FC(F)(F)F. The van der Waals surface area contributed by atoms with Crippen LogP contribution in [0, 0.1) is 29.6 Å². The molecule has 0 aromatic heterocycles. The fraction of sp³-hybridized carbons (Fsp3) is 1.00. The van der Waals surface area contributed by atoms with E-state index in [1.807, 2.05) is 0 Å². The first-order valence-electron chi connectivity index (χ1n) is 10.6. The van der Waals surface area contributed by atoms with Crippen LogP contribution in [0.25, 0.3) is 0 Å². The molecule has 7 heteroatoms. The van der Waals surface area contributed by atoms with Gasteiger partial charge in [-0.05, 0) is 81.0 Å². The average Bonchev–Trinajstić information content (AvgIpc) is 2.61. The van der Waals surface area contributed by atoms with Crippen LogP contribution in [-0.2, 0) is 4.74 Å². The molecule has 0 bridgehead atoms. The third kappa shape index (κ3) is 7.42. The van der Waals surface area contributed by atoms with Crippen molar-refractivity contribution in [3.63, 3.8) is 0 Å². The molecule has 0 aromatic rings. The summed E-state index contributed by atoms with van der Waals surface area (Å²) in [5.41, 5.74) is 0. The molecule has 0 aliphatic heterocycles. The number of halogens is 6. The van der Waals surface area contributed by atoms with Crippen LogP contribution in [0.15, 0.2) is 0 Å². The maximum atomic E-state index is 14.9. The Morgan fingerprint density at radius 1 is 0.679 bits per heavy atom. The van der Waals surface area contributed by atoms with E-state index in [1.165, 1.54) is 32.1 Å². The van der Waals surface area contributed by atoms with Crippen molar-refractivity contribution >= 4 is 0 Å². The number of methoxy groups -OCH3 is 1. The molecule has 28 heavy (non-hydrogen) atoms. The van der Waals surface area contributed by atoms with Crippen molar-refractivity contribution in [2.45, 2.75) is 96.0 Å². The summed E-state index contributed by atoms with van der Waals surface area (Å²) in [5, 5.41) is 0. The summed E-state index contributed by atoms with van der Waals surface area (Å²) in [5.74, 6) is 2.54. The average molecular weight is 416 g/mol. The first-order valence-corrected chi connectivity index (χ1v) is 10.6. The third-order valence-electron chi connectivity index (χ3n) is 7.25. The molecule has 6 unspecified atom stereocenters. The summed E-state index contributed by atoms with van der Waals surface area (Å²) in [6, 6.07) is 0. The van der Waals surface area contributed by atoms with Gasteiger partial charge >= 0.3 is 6.43 Å². The zero-order valence-corrected chi connectivity index (χ0v) is 16.9. The summed E-state index contributed by atoms with van der Waals surface area (Å²) in [7, 11) is 1.59. The van der Waals surface area contributed by atoms with Crippen LogP contribution in [0.2, 0.25) is 0 Å². The predicted molar refractivity (Wildman–Crippen MR) is 97.0 cm³/mol. The van der Waals surface area contributed by atoms with Gasteiger partial charge in [-0.15, -0.1) is 17.6 Å². The molecule has 3 aliphatic carbocycles. The highest BCUT2D eigenvalue weighted by molar-refractivity contribution is 4.92. The highest BCUT2D eigenvalue weighted by Crippen LogP contribution is 2.46. The van der Waals surface area contributed by atoms with Gasteiger partial charge in [0, 0.05) is 7.11 Å². The van der Waals surface area contributed by atoms with Crippen LogP contribution in [0.4, 0.5) is 26.3 Å². The van der Waals surface area contributed by atoms with Gasteiger partial charge in [-0.25, -0.2) is 8.78 Å². The molecule has 6 atom stereocenters. The van der Waals surface area contributed by atoms with Crippen LogP contribution in [0.1, 0.15) is 71.1 Å². The molecule has 0 N–H and O–H groups in total. The van der Waals surface area contributed by atoms with Crippen molar-refractivity contribution in [3.8, 4) is 0 Å². The lowest BCUT2D eigenvalue weighted by molar-refractivity contribution is -0.237. The van der Waals surface area contributed by atoms with Gasteiger partial charge in [-0.3, -0.25) is 0 Å². The molecule has 0 saturated heterocycles. The van der Waals surface area contributed by atoms with Crippen LogP contribution in [-0.4, -0.2) is 32.0 Å². The van der Waals surface area contributed by atoms with Crippen molar-refractivity contribution in [2.24, 2.45) is 29.6 Å². The Balaban J connectivity index is 0.000000500. The van der Waals surface area contributed by atoms with Crippen molar-refractivity contribution in [3.05, 3.63) is 0 Å². The normalized spacial score (nSPS) is 42.4. The molecule has 0 radical (unpaired) electrons. The van der Waals surface area contributed by atoms with Crippen LogP contribution in [0.3, 0.4) is 0 Å². The lowest BCUT2D eigenvalue weighted by Crippen LogP contribution is -2.40. The second-order valence-electron chi connectivity index (χ2n) is 9.06. The molecule has 0 aromatic carbocycles. The summed E-state index contributed by atoms with van der Waals surface area (Å²) < 4.78 is 73.0. The maximum absolute atomic E-state index is 14.9. The number of rotatable bonds is 3. The third-order valence-corrected chi connectivity index (χ3v) is 7.25. The highest BCUT2D eigenvalue weighted by Gasteiger charge is 2.42. The molecule has 3 aliphatic rings. The van der Waals surface area contributed by atoms with E-state index < -0.39 is 18.8 Å². The van der Waals surface area contributed by atoms with E-state index in [9.17, 15) is 26.3 Å². The Bertz CT molecular complexity index is 443. The van der Waals surface area contributed by atoms with Gasteiger partial charge in [-0.2, -0.15) is 0 Å². The minimum Gasteiger partial charge on any atom is -0.378 e. The quantitative estimate of drug-likeness (QED) is 0.442. The van der Waals surface area contributed by atoms with E-state index >= 15 is 0 Å². The van der Waals surface area contributed by atoms with Gasteiger partial charge < -0.3 is 4.74 Å². The van der Waals surface area contributed by atoms with Crippen LogP contribution in [0.5, 0.6) is 0 Å². The summed E-state index contributed by atoms with van der Waals surface area (Å²) in [6.45, 7) is 2.34. The summed E-state index contributed by atoms with van der Waals surface area (Å²) >= 11 is 0. The van der Waals surface area contributed by atoms with Crippen molar-refractivity contribution in [2.75, 3.05) is 7.11 Å². The molecule has 166 valence electrons. The molecule has 0 spiro atoms. The fourth-order valence-electron chi connectivity index (χ4n) is 5.66. The minimum atomic E-state index is -5.50. The lowest BCUT2D eigenvalue weighted by Gasteiger charge is -2.43. The first kappa shape index (κ1) is 23.8. The van der Waals surface area contributed by atoms with Crippen molar-refractivity contribution in [1.82, 2.24) is 0 Å². The van der Waals surface area contributed by atoms with Gasteiger partial charge in [0.15, 0.2) is 0 Å². The van der Waals surface area contributed by atoms with Gasteiger partial charge in [0.1, 0.15) is 12.3 Å². The van der Waals surface area contributed by atoms with Crippen molar-refractivity contribution in [1.29, 1.82) is 0 Å². The Morgan fingerprint density at radius 3 is 1.68 bits per heavy atom. The van der Waals surface area contributed by atoms with Crippen molar-refractivity contribution < 1.29 is 31.1 Å². The Labute approximate surface area is 164 Å². The number of hydrogen-bond donors (Lipinski definition) is 0. The Morgan fingerprint density at radius 2 is 1.18 bits per heavy atom. The van der Waals surface area contributed by atoms with Gasteiger partial charge in [0.25, 0.3) is 0 Å². The minimum absolute atomic E-state index is 0.102. The second kappa shape index (κ2) is 10.5. The lowest BCUT2D eigenvalue weighted by atomic mass is 9.65. The molecule has 3 rings (SSSR count). The Kier molecular flexibility index (Phi) is 8.96. The van der Waals surface area contributed by atoms with E-state index in [1.54, 1.807) is 7.11 Å². The van der Waals surface area contributed by atoms with E-state index in [0.29, 0.717) is 12.3 Å². The van der Waals surface area contributed by atoms with E-state index in [-0.39, 0.29) is 17.9 Å². The summed E-state index contributed by atoms with van der Waals surface area (Å²) in [4.78, 5) is 0. The molecule has 0 heterocycles. The van der Waals surface area contributed by atoms with Crippen LogP contribution < -0.4 is 0 Å². The zero-order valence-electron chi connectivity index (χ0n) is 16.9. The molecule has 1 nitrogen and oxygen atoms in total. The molecule has 3 fully saturated rings. The topological polar surface area (TPSA) is 9.23 Å². The fourth-order valence-corrected chi connectivity index (χ4v) is 5.66. The number of ether oxygens (including phenoxy) is 1. The second-order valence-corrected chi connectivity index (χ2v) is 9.06. The number of alkyl halides is 6. The molecule has 3 saturated carbocycles. The van der Waals surface area contributed by atoms with Gasteiger partial charge in [0.05, 0.1) is 6.10 Å². The van der Waals surface area contributed by atoms with E-state index in [4.69, 9.17) is 4.74 Å². The first-order chi connectivity index (χ1) is 13.1. The predicted octanol–water partition coefficient (Wildman–Crippen LogP) is 7.20. The van der Waals surface area contributed by atoms with Crippen LogP contribution >= 0.6 is 0 Å². The molecule has 0 amide bonds. The van der Waals surface area contributed by atoms with E-state index in [0.717, 1.165) is 37.5 Å². The van der Waals surface area contributed by atoms with E-state index in [2.05, 4.69) is 6.92 Å². The van der Waals surface area contributed by atoms with Gasteiger partial charge in [-0.1, -0.05) is 19.8 Å². The number of hydrogen-bond acceptors (Lipinski definition) is 1.